The van der Waals surface area contributed by atoms with E-state index in [9.17, 15) is 0 Å². The average molecular weight is 983 g/mol. The van der Waals surface area contributed by atoms with Gasteiger partial charge in [-0.05, 0) is 116 Å². The van der Waals surface area contributed by atoms with Crippen molar-refractivity contribution in [3.63, 3.8) is 0 Å². The lowest BCUT2D eigenvalue weighted by atomic mass is 9.70. The standard InChI is InChI=1S/C73H46N2O2/c1-3-19-47(20-4-1)49-39-43-51(44-40-49)74(65-35-15-27-55-53-23-9-13-37-67(53)76-71(55)65)63-33-17-31-61-69(63)57-25-7-11-29-59(57)73(61)60-30-12-8-26-58(60)70-62(73)32-18-34-64(70)75(52-45-41-50(42-46-52)48-21-5-2-6-22-48)66-36-16-28-56-54-24-10-14-38-68(54)77-72(56)66/h1-46H. The molecule has 0 N–H and O–H groups in total. The van der Waals surface area contributed by atoms with Gasteiger partial charge in [-0.2, -0.15) is 0 Å². The highest BCUT2D eigenvalue weighted by Crippen LogP contribution is 2.66. The predicted octanol–water partition coefficient (Wildman–Crippen LogP) is 20.1. The molecular formula is C73H46N2O2. The van der Waals surface area contributed by atoms with Crippen molar-refractivity contribution >= 4 is 78.0 Å². The molecule has 0 aliphatic heterocycles. The third-order valence-corrected chi connectivity index (χ3v) is 16.3. The van der Waals surface area contributed by atoms with Crippen LogP contribution in [0.2, 0.25) is 0 Å². The lowest BCUT2D eigenvalue weighted by Gasteiger charge is -2.32. The summed E-state index contributed by atoms with van der Waals surface area (Å²) in [5.74, 6) is 0. The third kappa shape index (κ3) is 6.33. The Morgan fingerprint density at radius 1 is 0.247 bits per heavy atom. The summed E-state index contributed by atoms with van der Waals surface area (Å²) in [5.41, 5.74) is 23.4. The number of hydrogen-bond donors (Lipinski definition) is 0. The highest BCUT2D eigenvalue weighted by Gasteiger charge is 2.53. The molecule has 1 spiro atoms. The number of para-hydroxylation sites is 4. The fraction of sp³-hybridized carbons (Fsp3) is 0.0137. The van der Waals surface area contributed by atoms with Crippen LogP contribution < -0.4 is 9.80 Å². The van der Waals surface area contributed by atoms with Crippen molar-refractivity contribution in [3.8, 4) is 44.5 Å². The summed E-state index contributed by atoms with van der Waals surface area (Å²) >= 11 is 0. The Hall–Kier alpha value is -10.2. The number of anilines is 6. The normalized spacial score (nSPS) is 12.8. The third-order valence-electron chi connectivity index (χ3n) is 16.3. The van der Waals surface area contributed by atoms with Gasteiger partial charge in [-0.3, -0.25) is 0 Å². The van der Waals surface area contributed by atoms with E-state index < -0.39 is 5.41 Å². The topological polar surface area (TPSA) is 32.8 Å². The van der Waals surface area contributed by atoms with Gasteiger partial charge in [0.05, 0.1) is 28.2 Å². The van der Waals surface area contributed by atoms with E-state index in [1.54, 1.807) is 0 Å². The first-order chi connectivity index (χ1) is 38.2. The first kappa shape index (κ1) is 43.3. The lowest BCUT2D eigenvalue weighted by Crippen LogP contribution is -2.26. The van der Waals surface area contributed by atoms with Crippen molar-refractivity contribution in [2.45, 2.75) is 5.41 Å². The van der Waals surface area contributed by atoms with Gasteiger partial charge in [0.1, 0.15) is 11.2 Å². The monoisotopic (exact) mass is 982 g/mol. The number of fused-ring (bicyclic) bond motifs is 16. The summed E-state index contributed by atoms with van der Waals surface area (Å²) < 4.78 is 13.8. The minimum atomic E-state index is -0.674. The number of hydrogen-bond acceptors (Lipinski definition) is 4. The first-order valence-corrected chi connectivity index (χ1v) is 26.4. The molecule has 16 rings (SSSR count). The Kier molecular flexibility index (Phi) is 9.52. The molecule has 4 heteroatoms. The van der Waals surface area contributed by atoms with Crippen LogP contribution in [0.25, 0.3) is 88.4 Å². The fourth-order valence-electron chi connectivity index (χ4n) is 13.1. The van der Waals surface area contributed by atoms with E-state index in [1.807, 2.05) is 12.1 Å². The smallest absolute Gasteiger partial charge is 0.159 e. The van der Waals surface area contributed by atoms with Crippen molar-refractivity contribution in [3.05, 3.63) is 301 Å². The zero-order valence-electron chi connectivity index (χ0n) is 41.8. The van der Waals surface area contributed by atoms with Gasteiger partial charge in [0, 0.05) is 44.0 Å². The number of furan rings is 2. The maximum atomic E-state index is 6.90. The molecule has 0 radical (unpaired) electrons. The molecule has 0 saturated heterocycles. The Morgan fingerprint density at radius 3 is 1.04 bits per heavy atom. The van der Waals surface area contributed by atoms with Crippen LogP contribution in [0.4, 0.5) is 34.1 Å². The van der Waals surface area contributed by atoms with E-state index in [1.165, 1.54) is 55.6 Å². The van der Waals surface area contributed by atoms with Crippen LogP contribution in [0.15, 0.2) is 288 Å². The van der Waals surface area contributed by atoms with Crippen LogP contribution in [0.3, 0.4) is 0 Å². The van der Waals surface area contributed by atoms with Crippen molar-refractivity contribution in [1.82, 2.24) is 0 Å². The number of benzene rings is 12. The molecule has 77 heavy (non-hydrogen) atoms. The molecule has 360 valence electrons. The van der Waals surface area contributed by atoms with E-state index in [-0.39, 0.29) is 0 Å². The summed E-state index contributed by atoms with van der Waals surface area (Å²) in [6, 6.07) is 101. The number of nitrogens with zero attached hydrogens (tertiary/aromatic N) is 2. The molecule has 14 aromatic rings. The molecule has 0 fully saturated rings. The molecule has 2 aliphatic carbocycles. The SMILES string of the molecule is c1ccc(-c2ccc(N(c3cccc4c3-c3ccccc3C43c4ccccc4-c4c(N(c5ccc(-c6ccccc6)cc5)c5cccc6c5oc5ccccc56)cccc43)c3cccc4c3oc3ccccc34)cc2)cc1. The Morgan fingerprint density at radius 2 is 0.584 bits per heavy atom. The maximum absolute atomic E-state index is 6.90. The predicted molar refractivity (Wildman–Crippen MR) is 318 cm³/mol. The van der Waals surface area contributed by atoms with E-state index in [2.05, 4.69) is 277 Å². The summed E-state index contributed by atoms with van der Waals surface area (Å²) in [4.78, 5) is 4.86. The van der Waals surface area contributed by atoms with Crippen LogP contribution in [0.5, 0.6) is 0 Å². The van der Waals surface area contributed by atoms with Gasteiger partial charge in [0.2, 0.25) is 0 Å². The van der Waals surface area contributed by atoms with Gasteiger partial charge >= 0.3 is 0 Å². The summed E-state index contributed by atoms with van der Waals surface area (Å²) in [5, 5.41) is 4.35. The Bertz CT molecular complexity index is 4330. The highest BCUT2D eigenvalue weighted by molar-refractivity contribution is 6.13. The van der Waals surface area contributed by atoms with Crippen molar-refractivity contribution in [2.24, 2.45) is 0 Å². The van der Waals surface area contributed by atoms with E-state index in [4.69, 9.17) is 8.83 Å². The summed E-state index contributed by atoms with van der Waals surface area (Å²) in [7, 11) is 0. The Labute approximate surface area is 445 Å². The quantitative estimate of drug-likeness (QED) is 0.152. The van der Waals surface area contributed by atoms with Gasteiger partial charge in [0.15, 0.2) is 11.2 Å². The molecule has 2 heterocycles. The molecule has 0 atom stereocenters. The van der Waals surface area contributed by atoms with Gasteiger partial charge in [-0.15, -0.1) is 0 Å². The molecule has 12 aromatic carbocycles. The second-order valence-electron chi connectivity index (χ2n) is 20.2. The van der Waals surface area contributed by atoms with Gasteiger partial charge in [-0.1, -0.05) is 218 Å². The Balaban J connectivity index is 0.953. The minimum Gasteiger partial charge on any atom is -0.454 e. The zero-order chi connectivity index (χ0) is 50.6. The largest absolute Gasteiger partial charge is 0.454 e. The van der Waals surface area contributed by atoms with E-state index in [0.29, 0.717) is 0 Å². The van der Waals surface area contributed by atoms with Crippen LogP contribution in [-0.2, 0) is 5.41 Å². The highest BCUT2D eigenvalue weighted by atomic mass is 16.3. The fourth-order valence-corrected chi connectivity index (χ4v) is 13.1. The maximum Gasteiger partial charge on any atom is 0.159 e. The lowest BCUT2D eigenvalue weighted by molar-refractivity contribution is 0.668. The second-order valence-corrected chi connectivity index (χ2v) is 20.2. The zero-order valence-corrected chi connectivity index (χ0v) is 41.8. The van der Waals surface area contributed by atoms with Crippen molar-refractivity contribution in [2.75, 3.05) is 9.80 Å². The summed E-state index contributed by atoms with van der Waals surface area (Å²) in [6.45, 7) is 0. The molecule has 2 aliphatic rings. The molecule has 2 aromatic heterocycles. The van der Waals surface area contributed by atoms with Crippen LogP contribution >= 0.6 is 0 Å². The minimum absolute atomic E-state index is 0.674. The van der Waals surface area contributed by atoms with Gasteiger partial charge in [0.25, 0.3) is 0 Å². The van der Waals surface area contributed by atoms with E-state index >= 15 is 0 Å². The van der Waals surface area contributed by atoms with Crippen LogP contribution in [0.1, 0.15) is 22.3 Å². The molecule has 0 bridgehead atoms. The average Bonchev–Trinajstić information content (AvgIpc) is 4.45. The van der Waals surface area contributed by atoms with Crippen molar-refractivity contribution < 1.29 is 8.83 Å². The summed E-state index contributed by atoms with van der Waals surface area (Å²) in [6.07, 6.45) is 0. The number of rotatable bonds is 8. The second kappa shape index (κ2) is 16.9. The van der Waals surface area contributed by atoms with Crippen LogP contribution in [-0.4, -0.2) is 0 Å². The van der Waals surface area contributed by atoms with E-state index in [0.717, 1.165) is 89.1 Å². The molecule has 0 saturated carbocycles. The first-order valence-electron chi connectivity index (χ1n) is 26.4. The molecule has 0 unspecified atom stereocenters. The van der Waals surface area contributed by atoms with Gasteiger partial charge < -0.3 is 18.6 Å². The molecular weight excluding hydrogens is 937 g/mol. The molecule has 4 nitrogen and oxygen atoms in total. The van der Waals surface area contributed by atoms with Gasteiger partial charge in [-0.25, -0.2) is 0 Å². The van der Waals surface area contributed by atoms with Crippen molar-refractivity contribution in [1.29, 1.82) is 0 Å². The molecule has 0 amide bonds. The van der Waals surface area contributed by atoms with Crippen LogP contribution in [0, 0.1) is 0 Å².